The highest BCUT2D eigenvalue weighted by molar-refractivity contribution is 7.91. The van der Waals surface area contributed by atoms with Crippen molar-refractivity contribution < 1.29 is 23.1 Å². The quantitative estimate of drug-likeness (QED) is 0.241. The van der Waals surface area contributed by atoms with Crippen LogP contribution in [0.15, 0.2) is 41.6 Å². The average Bonchev–Trinajstić information content (AvgIpc) is 3.57. The Morgan fingerprint density at radius 2 is 1.73 bits per heavy atom. The van der Waals surface area contributed by atoms with Crippen LogP contribution in [0.4, 0.5) is 0 Å². The van der Waals surface area contributed by atoms with E-state index in [4.69, 9.17) is 16.3 Å². The third-order valence-corrected chi connectivity index (χ3v) is 20.1. The van der Waals surface area contributed by atoms with Crippen molar-refractivity contribution >= 4 is 27.4 Å². The zero-order chi connectivity index (χ0) is 39.8. The summed E-state index contributed by atoms with van der Waals surface area (Å²) in [6.45, 7) is 16.7. The van der Waals surface area contributed by atoms with Gasteiger partial charge in [-0.3, -0.25) is 4.79 Å². The molecule has 310 valence electrons. The van der Waals surface area contributed by atoms with Crippen LogP contribution in [0.25, 0.3) is 0 Å². The number of nitrogens with one attached hydrogen (secondary N) is 1. The van der Waals surface area contributed by atoms with E-state index in [0.29, 0.717) is 84.0 Å². The third kappa shape index (κ3) is 6.73. The van der Waals surface area contributed by atoms with E-state index in [9.17, 15) is 18.3 Å². The lowest BCUT2D eigenvalue weighted by molar-refractivity contribution is -0.218. The highest BCUT2D eigenvalue weighted by Gasteiger charge is 2.69. The molecule has 5 fully saturated rings. The van der Waals surface area contributed by atoms with Crippen LogP contribution in [-0.4, -0.2) is 79.2 Å². The van der Waals surface area contributed by atoms with Crippen molar-refractivity contribution in [2.24, 2.45) is 50.7 Å². The molecule has 0 amide bonds. The smallest absolute Gasteiger partial charge is 0.310 e. The zero-order valence-corrected chi connectivity index (χ0v) is 36.4. The Morgan fingerprint density at radius 3 is 2.45 bits per heavy atom. The maximum absolute atomic E-state index is 12.7. The Kier molecular flexibility index (Phi) is 10.7. The van der Waals surface area contributed by atoms with E-state index < -0.39 is 21.2 Å². The van der Waals surface area contributed by atoms with Crippen LogP contribution in [-0.2, 0) is 14.6 Å². The van der Waals surface area contributed by atoms with Crippen molar-refractivity contribution in [2.75, 3.05) is 44.3 Å². The maximum Gasteiger partial charge on any atom is 0.310 e. The van der Waals surface area contributed by atoms with Gasteiger partial charge in [0.1, 0.15) is 0 Å². The molecule has 2 heterocycles. The minimum atomic E-state index is -2.85. The zero-order valence-electron chi connectivity index (χ0n) is 34.8. The number of nitrogens with zero attached hydrogens (tertiary/aromatic N) is 2. The van der Waals surface area contributed by atoms with Gasteiger partial charge >= 0.3 is 5.97 Å². The summed E-state index contributed by atoms with van der Waals surface area (Å²) < 4.78 is 29.9. The first-order valence-electron chi connectivity index (χ1n) is 22.0. The van der Waals surface area contributed by atoms with Gasteiger partial charge in [-0.1, -0.05) is 64.8 Å². The van der Waals surface area contributed by atoms with Crippen molar-refractivity contribution in [3.05, 3.63) is 46.7 Å². The largest absolute Gasteiger partial charge is 0.481 e. The molecule has 1 aliphatic heterocycles. The number of hydrogen-bond donors (Lipinski definition) is 2. The first kappa shape index (κ1) is 40.8. The number of ether oxygens (including phenoxy) is 1. The van der Waals surface area contributed by atoms with Crippen LogP contribution < -0.4 is 10.1 Å². The molecule has 2 N–H and O–H groups in total. The number of rotatable bonds is 10. The second kappa shape index (κ2) is 14.7. The molecule has 1 aromatic heterocycles. The van der Waals surface area contributed by atoms with Crippen LogP contribution >= 0.6 is 11.6 Å². The lowest BCUT2D eigenvalue weighted by Gasteiger charge is -2.72. The lowest BCUT2D eigenvalue weighted by atomic mass is 9.33. The number of carbonyl (C=O) groups is 1. The number of fused-ring (bicyclic) bond motifs is 7. The second-order valence-electron chi connectivity index (χ2n) is 20.7. The van der Waals surface area contributed by atoms with Gasteiger partial charge in [-0.25, -0.2) is 13.4 Å². The van der Waals surface area contributed by atoms with Crippen molar-refractivity contribution in [3.8, 4) is 5.88 Å². The monoisotopic (exact) mass is 809 g/mol. The molecule has 0 spiro atoms. The summed E-state index contributed by atoms with van der Waals surface area (Å²) in [6, 6.07) is 3.38. The number of carboxylic acids is 1. The molecule has 0 radical (unpaired) electrons. The molecular formula is C46H68ClN3O5S. The van der Waals surface area contributed by atoms with Gasteiger partial charge in [0, 0.05) is 49.0 Å². The number of pyridine rings is 1. The minimum Gasteiger partial charge on any atom is -0.481 e. The summed E-state index contributed by atoms with van der Waals surface area (Å²) in [5.41, 5.74) is 3.17. The van der Waals surface area contributed by atoms with Crippen LogP contribution in [0.2, 0.25) is 5.02 Å². The number of aromatic nitrogens is 1. The molecule has 1 aromatic rings. The van der Waals surface area contributed by atoms with Crippen molar-refractivity contribution in [2.45, 2.75) is 130 Å². The Labute approximate surface area is 342 Å². The molecule has 4 saturated carbocycles. The average molecular weight is 811 g/mol. The Morgan fingerprint density at radius 1 is 0.946 bits per heavy atom. The summed E-state index contributed by atoms with van der Waals surface area (Å²) in [4.78, 5) is 19.3. The van der Waals surface area contributed by atoms with Gasteiger partial charge < -0.3 is 20.1 Å². The lowest BCUT2D eigenvalue weighted by Crippen LogP contribution is -2.67. The molecule has 6 unspecified atom stereocenters. The molecule has 8 rings (SSSR count). The van der Waals surface area contributed by atoms with Gasteiger partial charge in [-0.05, 0) is 146 Å². The van der Waals surface area contributed by atoms with E-state index in [-0.39, 0.29) is 16.4 Å². The number of allylic oxidation sites excluding steroid dienone is 4. The highest BCUT2D eigenvalue weighted by Crippen LogP contribution is 2.76. The van der Waals surface area contributed by atoms with E-state index in [1.54, 1.807) is 18.3 Å². The Bertz CT molecular complexity index is 1850. The van der Waals surface area contributed by atoms with Gasteiger partial charge in [0.25, 0.3) is 0 Å². The van der Waals surface area contributed by atoms with E-state index in [0.717, 1.165) is 37.8 Å². The predicted molar refractivity (Wildman–Crippen MR) is 224 cm³/mol. The molecule has 10 heteroatoms. The van der Waals surface area contributed by atoms with Gasteiger partial charge in [0.05, 0.1) is 23.5 Å². The summed E-state index contributed by atoms with van der Waals surface area (Å²) >= 11 is 6.11. The van der Waals surface area contributed by atoms with Crippen LogP contribution in [0.1, 0.15) is 125 Å². The van der Waals surface area contributed by atoms with Crippen LogP contribution in [0.5, 0.6) is 5.88 Å². The number of carboxylic acid groups (broad SMARTS) is 1. The van der Waals surface area contributed by atoms with E-state index in [1.807, 2.05) is 0 Å². The molecule has 0 bridgehead atoms. The summed E-state index contributed by atoms with van der Waals surface area (Å²) in [5.74, 6) is 3.09. The topological polar surface area (TPSA) is 109 Å². The van der Waals surface area contributed by atoms with Crippen LogP contribution in [0.3, 0.4) is 0 Å². The van der Waals surface area contributed by atoms with Gasteiger partial charge in [0.15, 0.2) is 9.84 Å². The second-order valence-corrected chi connectivity index (χ2v) is 23.5. The first-order valence-corrected chi connectivity index (χ1v) is 24.2. The van der Waals surface area contributed by atoms with Crippen molar-refractivity contribution in [1.82, 2.24) is 15.2 Å². The fraction of sp³-hybridized carbons (Fsp3) is 0.783. The van der Waals surface area contributed by atoms with Gasteiger partial charge in [-0.15, -0.1) is 0 Å². The normalized spacial score (nSPS) is 41.6. The SMILES string of the molecule is CC1(C)C(C2=CCC(CCOc3cc(Cl)ccn3)(C(=O)O)CC2)=CCC2(C)C1CCC1(C)C2CCC2[C@H]3CCC[C@]3(NCCN3CCS(=O)(=O)CC3)CC[C@]21C. The molecule has 56 heavy (non-hydrogen) atoms. The summed E-state index contributed by atoms with van der Waals surface area (Å²) in [6.07, 6.45) is 21.7. The predicted octanol–water partition coefficient (Wildman–Crippen LogP) is 9.15. The Balaban J connectivity index is 0.958. The number of hydrogen-bond acceptors (Lipinski definition) is 7. The minimum absolute atomic E-state index is 0.0259. The van der Waals surface area contributed by atoms with Crippen molar-refractivity contribution in [3.63, 3.8) is 0 Å². The summed E-state index contributed by atoms with van der Waals surface area (Å²) in [7, 11) is -2.85. The van der Waals surface area contributed by atoms with E-state index in [2.05, 4.69) is 62.0 Å². The molecule has 9 atom stereocenters. The number of halogens is 1. The van der Waals surface area contributed by atoms with Gasteiger partial charge in [0.2, 0.25) is 5.88 Å². The third-order valence-electron chi connectivity index (χ3n) is 18.2. The molecule has 0 aromatic carbocycles. The number of sulfone groups is 1. The molecule has 1 saturated heterocycles. The Hall–Kier alpha value is -1.94. The van der Waals surface area contributed by atoms with E-state index >= 15 is 0 Å². The molecule has 8 nitrogen and oxygen atoms in total. The summed E-state index contributed by atoms with van der Waals surface area (Å²) in [5, 5.41) is 15.2. The van der Waals surface area contributed by atoms with Crippen LogP contribution in [0, 0.1) is 50.7 Å². The highest BCUT2D eigenvalue weighted by atomic mass is 35.5. The first-order chi connectivity index (χ1) is 26.5. The molecule has 7 aliphatic rings. The van der Waals surface area contributed by atoms with E-state index in [1.165, 1.54) is 68.9 Å². The maximum atomic E-state index is 12.7. The van der Waals surface area contributed by atoms with Crippen molar-refractivity contribution in [1.29, 1.82) is 0 Å². The number of aliphatic carboxylic acids is 1. The fourth-order valence-electron chi connectivity index (χ4n) is 15.0. The fourth-order valence-corrected chi connectivity index (χ4v) is 16.4. The van der Waals surface area contributed by atoms with Gasteiger partial charge in [-0.2, -0.15) is 0 Å². The molecule has 6 aliphatic carbocycles. The standard InChI is InChI=1S/C46H68ClN3O5S/c1-41(2)34(32-10-18-45(19-11-32,40(51)52)22-28-55-39-31-33(47)14-23-48-39)12-16-42(3)37(41)13-17-44(5)38(42)9-8-35-36-7-6-15-46(36,21-20-43(35,44)4)49-24-25-50-26-29-56(53,54)30-27-50/h10,12,14,23,31,35-38,49H,6-9,11,13,15-22,24-30H2,1-5H3,(H,51,52)/t35?,36-,37?,38?,42?,43-,44?,45?,46+/m1/s1. The molecular weight excluding hydrogens is 742 g/mol.